The SMILES string of the molecule is CN(C)C(=O)c1cc2c(s1)CC[C@@H](C(=O)NCc1ccccc1)C2. The van der Waals surface area contributed by atoms with E-state index in [0.29, 0.717) is 6.54 Å². The Morgan fingerprint density at radius 2 is 2.00 bits per heavy atom. The summed E-state index contributed by atoms with van der Waals surface area (Å²) in [6.45, 7) is 0.567. The van der Waals surface area contributed by atoms with E-state index in [0.717, 1.165) is 35.3 Å². The van der Waals surface area contributed by atoms with Crippen molar-refractivity contribution < 1.29 is 9.59 Å². The van der Waals surface area contributed by atoms with Crippen molar-refractivity contribution in [1.29, 1.82) is 0 Å². The molecule has 24 heavy (non-hydrogen) atoms. The quantitative estimate of drug-likeness (QED) is 0.929. The van der Waals surface area contributed by atoms with E-state index >= 15 is 0 Å². The zero-order chi connectivity index (χ0) is 17.1. The van der Waals surface area contributed by atoms with Crippen molar-refractivity contribution in [3.8, 4) is 0 Å². The van der Waals surface area contributed by atoms with Crippen LogP contribution >= 0.6 is 11.3 Å². The molecule has 0 saturated carbocycles. The number of benzene rings is 1. The van der Waals surface area contributed by atoms with Gasteiger partial charge < -0.3 is 10.2 Å². The topological polar surface area (TPSA) is 49.4 Å². The first-order valence-corrected chi connectivity index (χ1v) is 9.01. The Labute approximate surface area is 146 Å². The average molecular weight is 342 g/mol. The van der Waals surface area contributed by atoms with Gasteiger partial charge in [-0.3, -0.25) is 9.59 Å². The van der Waals surface area contributed by atoms with E-state index in [-0.39, 0.29) is 17.7 Å². The average Bonchev–Trinajstić information content (AvgIpc) is 3.02. The number of hydrogen-bond acceptors (Lipinski definition) is 3. The van der Waals surface area contributed by atoms with Crippen molar-refractivity contribution in [3.63, 3.8) is 0 Å². The lowest BCUT2D eigenvalue weighted by Gasteiger charge is -2.21. The van der Waals surface area contributed by atoms with Crippen LogP contribution in [0.1, 0.15) is 32.1 Å². The third kappa shape index (κ3) is 3.67. The standard InChI is InChI=1S/C19H22N2O2S/c1-21(2)19(23)17-11-15-10-14(8-9-16(15)24-17)18(22)20-12-13-6-4-3-5-7-13/h3-7,11,14H,8-10,12H2,1-2H3,(H,20,22)/t14-/m1/s1. The van der Waals surface area contributed by atoms with Gasteiger partial charge in [0.2, 0.25) is 5.91 Å². The van der Waals surface area contributed by atoms with Gasteiger partial charge in [-0.05, 0) is 36.5 Å². The predicted octanol–water partition coefficient (Wildman–Crippen LogP) is 2.87. The summed E-state index contributed by atoms with van der Waals surface area (Å²) >= 11 is 1.57. The van der Waals surface area contributed by atoms with Crippen LogP contribution in [0.2, 0.25) is 0 Å². The van der Waals surface area contributed by atoms with Crippen LogP contribution in [0.25, 0.3) is 0 Å². The maximum atomic E-state index is 12.4. The van der Waals surface area contributed by atoms with Crippen LogP contribution in [0, 0.1) is 5.92 Å². The Morgan fingerprint density at radius 1 is 1.25 bits per heavy atom. The molecule has 2 amide bonds. The second-order valence-corrected chi connectivity index (χ2v) is 7.54. The summed E-state index contributed by atoms with van der Waals surface area (Å²) in [5.41, 5.74) is 2.27. The molecule has 1 aromatic heterocycles. The van der Waals surface area contributed by atoms with Crippen molar-refractivity contribution in [2.45, 2.75) is 25.8 Å². The normalized spacial score (nSPS) is 16.3. The molecule has 0 bridgehead atoms. The monoisotopic (exact) mass is 342 g/mol. The molecule has 1 aliphatic rings. The van der Waals surface area contributed by atoms with Gasteiger partial charge in [0.05, 0.1) is 4.88 Å². The summed E-state index contributed by atoms with van der Waals surface area (Å²) in [7, 11) is 3.53. The largest absolute Gasteiger partial charge is 0.352 e. The molecule has 1 N–H and O–H groups in total. The van der Waals surface area contributed by atoms with Crippen molar-refractivity contribution in [3.05, 3.63) is 57.3 Å². The Morgan fingerprint density at radius 3 is 2.71 bits per heavy atom. The third-order valence-corrected chi connectivity index (χ3v) is 5.61. The second-order valence-electron chi connectivity index (χ2n) is 6.40. The highest BCUT2D eigenvalue weighted by Gasteiger charge is 2.27. The van der Waals surface area contributed by atoms with E-state index in [9.17, 15) is 9.59 Å². The number of nitrogens with zero attached hydrogens (tertiary/aromatic N) is 1. The summed E-state index contributed by atoms with van der Waals surface area (Å²) in [4.78, 5) is 28.2. The van der Waals surface area contributed by atoms with Gasteiger partial charge in [-0.1, -0.05) is 30.3 Å². The number of rotatable bonds is 4. The summed E-state index contributed by atoms with van der Waals surface area (Å²) in [6.07, 6.45) is 2.46. The number of fused-ring (bicyclic) bond motifs is 1. The summed E-state index contributed by atoms with van der Waals surface area (Å²) in [5.74, 6) is 0.147. The first-order valence-electron chi connectivity index (χ1n) is 8.19. The first kappa shape index (κ1) is 16.7. The molecule has 0 radical (unpaired) electrons. The van der Waals surface area contributed by atoms with E-state index in [4.69, 9.17) is 0 Å². The van der Waals surface area contributed by atoms with Crippen molar-refractivity contribution >= 4 is 23.2 Å². The molecule has 0 aliphatic heterocycles. The van der Waals surface area contributed by atoms with Gasteiger partial charge in [-0.2, -0.15) is 0 Å². The lowest BCUT2D eigenvalue weighted by Crippen LogP contribution is -2.33. The summed E-state index contributed by atoms with van der Waals surface area (Å²) in [5, 5.41) is 3.04. The van der Waals surface area contributed by atoms with Gasteiger partial charge in [-0.15, -0.1) is 11.3 Å². The van der Waals surface area contributed by atoms with Crippen LogP contribution in [0.5, 0.6) is 0 Å². The molecule has 3 rings (SSSR count). The van der Waals surface area contributed by atoms with Crippen LogP contribution in [-0.4, -0.2) is 30.8 Å². The Hall–Kier alpha value is -2.14. The number of carbonyl (C=O) groups excluding carboxylic acids is 2. The molecule has 4 nitrogen and oxygen atoms in total. The predicted molar refractivity (Wildman–Crippen MR) is 96.1 cm³/mol. The van der Waals surface area contributed by atoms with Gasteiger partial charge in [0.1, 0.15) is 0 Å². The highest BCUT2D eigenvalue weighted by Crippen LogP contribution is 2.33. The van der Waals surface area contributed by atoms with E-state index in [2.05, 4.69) is 5.32 Å². The number of hydrogen-bond donors (Lipinski definition) is 1. The third-order valence-electron chi connectivity index (χ3n) is 4.38. The maximum Gasteiger partial charge on any atom is 0.263 e. The fraction of sp³-hybridized carbons (Fsp3) is 0.368. The molecule has 0 unspecified atom stereocenters. The molecule has 0 saturated heterocycles. The molecule has 1 aromatic carbocycles. The number of amides is 2. The lowest BCUT2D eigenvalue weighted by molar-refractivity contribution is -0.125. The fourth-order valence-corrected chi connectivity index (χ4v) is 4.23. The summed E-state index contributed by atoms with van der Waals surface area (Å²) < 4.78 is 0. The molecule has 2 aromatic rings. The smallest absolute Gasteiger partial charge is 0.263 e. The van der Waals surface area contributed by atoms with E-state index < -0.39 is 0 Å². The molecule has 0 spiro atoms. The zero-order valence-corrected chi connectivity index (χ0v) is 14.9. The first-order chi connectivity index (χ1) is 11.5. The van der Waals surface area contributed by atoms with Crippen LogP contribution in [0.4, 0.5) is 0 Å². The van der Waals surface area contributed by atoms with Gasteiger partial charge in [0, 0.05) is 31.4 Å². The molecule has 126 valence electrons. The van der Waals surface area contributed by atoms with Crippen molar-refractivity contribution in [2.24, 2.45) is 5.92 Å². The zero-order valence-electron chi connectivity index (χ0n) is 14.0. The van der Waals surface area contributed by atoms with E-state index in [1.54, 1.807) is 30.3 Å². The lowest BCUT2D eigenvalue weighted by atomic mass is 9.87. The number of aryl methyl sites for hydroxylation is 1. The number of carbonyl (C=O) groups is 2. The minimum Gasteiger partial charge on any atom is -0.352 e. The number of nitrogens with one attached hydrogen (secondary N) is 1. The highest BCUT2D eigenvalue weighted by molar-refractivity contribution is 7.14. The molecular formula is C19H22N2O2S. The molecule has 5 heteroatoms. The van der Waals surface area contributed by atoms with Gasteiger partial charge >= 0.3 is 0 Å². The molecule has 1 heterocycles. The fourth-order valence-electron chi connectivity index (χ4n) is 3.00. The minimum atomic E-state index is -0.00174. The molecule has 0 fully saturated rings. The number of thiophene rings is 1. The van der Waals surface area contributed by atoms with E-state index in [1.807, 2.05) is 36.4 Å². The Kier molecular flexibility index (Phi) is 5.00. The van der Waals surface area contributed by atoms with Crippen molar-refractivity contribution in [1.82, 2.24) is 10.2 Å². The van der Waals surface area contributed by atoms with Crippen LogP contribution < -0.4 is 5.32 Å². The van der Waals surface area contributed by atoms with Crippen LogP contribution in [0.15, 0.2) is 36.4 Å². The molecular weight excluding hydrogens is 320 g/mol. The Bertz CT molecular complexity index is 737. The minimum absolute atomic E-state index is 0.00174. The van der Waals surface area contributed by atoms with Crippen LogP contribution in [-0.2, 0) is 24.2 Å². The highest BCUT2D eigenvalue weighted by atomic mass is 32.1. The maximum absolute atomic E-state index is 12.4. The molecule has 1 atom stereocenters. The Balaban J connectivity index is 1.62. The summed E-state index contributed by atoms with van der Waals surface area (Å²) in [6, 6.07) is 11.9. The second kappa shape index (κ2) is 7.18. The molecule has 1 aliphatic carbocycles. The van der Waals surface area contributed by atoms with Crippen LogP contribution in [0.3, 0.4) is 0 Å². The van der Waals surface area contributed by atoms with Gasteiger partial charge in [0.25, 0.3) is 5.91 Å². The van der Waals surface area contributed by atoms with Gasteiger partial charge in [0.15, 0.2) is 0 Å². The van der Waals surface area contributed by atoms with Gasteiger partial charge in [-0.25, -0.2) is 0 Å². The van der Waals surface area contributed by atoms with Crippen molar-refractivity contribution in [2.75, 3.05) is 14.1 Å². The van der Waals surface area contributed by atoms with E-state index in [1.165, 1.54) is 4.88 Å².